The van der Waals surface area contributed by atoms with Crippen molar-refractivity contribution in [3.05, 3.63) is 42.4 Å². The summed E-state index contributed by atoms with van der Waals surface area (Å²) in [6, 6.07) is 9.34. The van der Waals surface area contributed by atoms with Crippen LogP contribution in [-0.2, 0) is 0 Å². The number of aromatic nitrogens is 4. The number of imidazole rings is 1. The molecule has 2 aliphatic rings. The maximum Gasteiger partial charge on any atom is 0.205 e. The van der Waals surface area contributed by atoms with E-state index in [1.807, 2.05) is 28.8 Å². The summed E-state index contributed by atoms with van der Waals surface area (Å²) < 4.78 is 1.84. The summed E-state index contributed by atoms with van der Waals surface area (Å²) in [4.78, 5) is 15.3. The van der Waals surface area contributed by atoms with Gasteiger partial charge >= 0.3 is 0 Å². The van der Waals surface area contributed by atoms with Gasteiger partial charge in [0, 0.05) is 37.3 Å². The number of nitriles is 1. The largest absolute Gasteiger partial charge is 0.396 e. The van der Waals surface area contributed by atoms with E-state index < -0.39 is 24.2 Å². The lowest BCUT2D eigenvalue weighted by molar-refractivity contribution is -0.00351. The first-order valence-corrected chi connectivity index (χ1v) is 10.8. The summed E-state index contributed by atoms with van der Waals surface area (Å²) in [6.07, 6.45) is 2.35. The standard InChI is InChI=1S/C22H25N7O3/c23-8-13-1-3-16(4-2-13)28-6-5-15(10-28)26-22-27-17-9-24-12-25-21(17)29(22)18-7-14(11-30)19(31)20(18)32/h1-4,9,12,14-15,18-20,30-32H,5-7,10-11H2,(H,26,27)/t14?,15-,18?,19?,20?/m0/s1. The van der Waals surface area contributed by atoms with E-state index in [1.54, 1.807) is 6.20 Å². The first kappa shape index (κ1) is 20.6. The van der Waals surface area contributed by atoms with Crippen molar-refractivity contribution in [2.75, 3.05) is 29.9 Å². The normalized spacial score (nSPS) is 27.7. The molecule has 0 bridgehead atoms. The van der Waals surface area contributed by atoms with Crippen LogP contribution in [0, 0.1) is 17.2 Å². The third-order valence-electron chi connectivity index (χ3n) is 6.58. The molecule has 10 nitrogen and oxygen atoms in total. The van der Waals surface area contributed by atoms with E-state index in [4.69, 9.17) is 5.26 Å². The fraction of sp³-hybridized carbons (Fsp3) is 0.455. The molecule has 5 atom stereocenters. The zero-order valence-corrected chi connectivity index (χ0v) is 17.4. The number of hydrogen-bond donors (Lipinski definition) is 4. The van der Waals surface area contributed by atoms with E-state index in [1.165, 1.54) is 6.33 Å². The molecule has 0 radical (unpaired) electrons. The Hall–Kier alpha value is -3.26. The van der Waals surface area contributed by atoms with Crippen molar-refractivity contribution in [1.82, 2.24) is 19.5 Å². The lowest BCUT2D eigenvalue weighted by Gasteiger charge is -2.23. The van der Waals surface area contributed by atoms with Crippen LogP contribution in [0.3, 0.4) is 0 Å². The maximum atomic E-state index is 10.7. The molecule has 1 aliphatic carbocycles. The van der Waals surface area contributed by atoms with Crippen LogP contribution in [-0.4, -0.2) is 72.8 Å². The quantitative estimate of drug-likeness (QED) is 0.454. The number of aliphatic hydroxyl groups excluding tert-OH is 3. The molecular weight excluding hydrogens is 410 g/mol. The lowest BCUT2D eigenvalue weighted by atomic mass is 10.1. The Kier molecular flexibility index (Phi) is 5.38. The summed E-state index contributed by atoms with van der Waals surface area (Å²) >= 11 is 0. The van der Waals surface area contributed by atoms with Gasteiger partial charge in [0.05, 0.1) is 30.0 Å². The molecule has 166 valence electrons. The van der Waals surface area contributed by atoms with Gasteiger partial charge in [-0.3, -0.25) is 4.57 Å². The van der Waals surface area contributed by atoms with Crippen LogP contribution in [0.1, 0.15) is 24.4 Å². The van der Waals surface area contributed by atoms with Crippen LogP contribution >= 0.6 is 0 Å². The molecule has 32 heavy (non-hydrogen) atoms. The summed E-state index contributed by atoms with van der Waals surface area (Å²) in [5, 5.41) is 43.1. The Bertz CT molecular complexity index is 1140. The van der Waals surface area contributed by atoms with E-state index in [0.717, 1.165) is 25.2 Å². The monoisotopic (exact) mass is 435 g/mol. The molecule has 0 spiro atoms. The molecule has 5 rings (SSSR count). The molecular formula is C22H25N7O3. The van der Waals surface area contributed by atoms with Gasteiger partial charge in [0.1, 0.15) is 17.9 Å². The Morgan fingerprint density at radius 3 is 2.72 bits per heavy atom. The molecule has 1 saturated heterocycles. The SMILES string of the molecule is N#Cc1ccc(N2CC[C@H](Nc3nc4cncnc4n3C3CC(CO)C(O)C3O)C2)cc1. The third-order valence-corrected chi connectivity index (χ3v) is 6.58. The lowest BCUT2D eigenvalue weighted by Crippen LogP contribution is -2.32. The molecule has 3 aromatic rings. The van der Waals surface area contributed by atoms with E-state index in [0.29, 0.717) is 29.1 Å². The zero-order chi connectivity index (χ0) is 22.2. The van der Waals surface area contributed by atoms with Gasteiger partial charge in [-0.15, -0.1) is 0 Å². The van der Waals surface area contributed by atoms with Crippen LogP contribution in [0.4, 0.5) is 11.6 Å². The third kappa shape index (κ3) is 3.54. The van der Waals surface area contributed by atoms with Crippen LogP contribution in [0.5, 0.6) is 0 Å². The first-order chi connectivity index (χ1) is 15.6. The second-order valence-corrected chi connectivity index (χ2v) is 8.50. The molecule has 2 fully saturated rings. The molecule has 10 heteroatoms. The number of nitrogens with zero attached hydrogens (tertiary/aromatic N) is 6. The maximum absolute atomic E-state index is 10.7. The average Bonchev–Trinajstić information content (AvgIpc) is 3.51. The molecule has 1 saturated carbocycles. The van der Waals surface area contributed by atoms with E-state index in [-0.39, 0.29) is 12.6 Å². The minimum Gasteiger partial charge on any atom is -0.396 e. The van der Waals surface area contributed by atoms with Crippen molar-refractivity contribution >= 4 is 22.8 Å². The van der Waals surface area contributed by atoms with Gasteiger partial charge in [-0.05, 0) is 37.1 Å². The van der Waals surface area contributed by atoms with Crippen molar-refractivity contribution in [2.45, 2.75) is 37.1 Å². The number of hydrogen-bond acceptors (Lipinski definition) is 9. The summed E-state index contributed by atoms with van der Waals surface area (Å²) in [5.41, 5.74) is 2.88. The Morgan fingerprint density at radius 2 is 2.00 bits per heavy atom. The van der Waals surface area contributed by atoms with Gasteiger partial charge in [0.25, 0.3) is 0 Å². The minimum absolute atomic E-state index is 0.117. The van der Waals surface area contributed by atoms with Crippen molar-refractivity contribution in [3.63, 3.8) is 0 Å². The first-order valence-electron chi connectivity index (χ1n) is 10.8. The van der Waals surface area contributed by atoms with Crippen LogP contribution in [0.25, 0.3) is 11.2 Å². The summed E-state index contributed by atoms with van der Waals surface area (Å²) in [5.74, 6) is 0.169. The molecule has 2 aromatic heterocycles. The average molecular weight is 435 g/mol. The van der Waals surface area contributed by atoms with E-state index in [9.17, 15) is 15.3 Å². The number of benzene rings is 1. The van der Waals surface area contributed by atoms with E-state index >= 15 is 0 Å². The summed E-state index contributed by atoms with van der Waals surface area (Å²) in [6.45, 7) is 1.43. The minimum atomic E-state index is -1.03. The highest BCUT2D eigenvalue weighted by Gasteiger charge is 2.43. The van der Waals surface area contributed by atoms with E-state index in [2.05, 4.69) is 31.2 Å². The fourth-order valence-corrected chi connectivity index (χ4v) is 4.84. The second kappa shape index (κ2) is 8.35. The predicted molar refractivity (Wildman–Crippen MR) is 117 cm³/mol. The van der Waals surface area contributed by atoms with Crippen molar-refractivity contribution in [1.29, 1.82) is 5.26 Å². The predicted octanol–water partition coefficient (Wildman–Crippen LogP) is 0.664. The van der Waals surface area contributed by atoms with Gasteiger partial charge in [-0.25, -0.2) is 15.0 Å². The van der Waals surface area contributed by atoms with Crippen molar-refractivity contribution in [2.24, 2.45) is 5.92 Å². The van der Waals surface area contributed by atoms with Crippen LogP contribution in [0.15, 0.2) is 36.8 Å². The number of aliphatic hydroxyl groups is 3. The highest BCUT2D eigenvalue weighted by Crippen LogP contribution is 2.39. The van der Waals surface area contributed by atoms with Gasteiger partial charge < -0.3 is 25.5 Å². The molecule has 1 aliphatic heterocycles. The molecule has 0 amide bonds. The smallest absolute Gasteiger partial charge is 0.205 e. The fourth-order valence-electron chi connectivity index (χ4n) is 4.84. The molecule has 1 aromatic carbocycles. The van der Waals surface area contributed by atoms with Gasteiger partial charge in [-0.2, -0.15) is 5.26 Å². The number of nitrogens with one attached hydrogen (secondary N) is 1. The number of rotatable bonds is 5. The number of fused-ring (bicyclic) bond motifs is 1. The zero-order valence-electron chi connectivity index (χ0n) is 17.4. The topological polar surface area (TPSA) is 143 Å². The Labute approximate surface area is 184 Å². The molecule has 4 N–H and O–H groups in total. The molecule has 3 heterocycles. The second-order valence-electron chi connectivity index (χ2n) is 8.50. The Morgan fingerprint density at radius 1 is 1.19 bits per heavy atom. The number of anilines is 2. The van der Waals surface area contributed by atoms with Crippen LogP contribution < -0.4 is 10.2 Å². The highest BCUT2D eigenvalue weighted by molar-refractivity contribution is 5.74. The highest BCUT2D eigenvalue weighted by atomic mass is 16.3. The van der Waals surface area contributed by atoms with Crippen molar-refractivity contribution in [3.8, 4) is 6.07 Å². The van der Waals surface area contributed by atoms with Crippen LogP contribution in [0.2, 0.25) is 0 Å². The Balaban J connectivity index is 1.40. The summed E-state index contributed by atoms with van der Waals surface area (Å²) in [7, 11) is 0. The van der Waals surface area contributed by atoms with Gasteiger partial charge in [-0.1, -0.05) is 0 Å². The van der Waals surface area contributed by atoms with Gasteiger partial charge in [0.15, 0.2) is 5.65 Å². The van der Waals surface area contributed by atoms with Gasteiger partial charge in [0.2, 0.25) is 5.95 Å². The van der Waals surface area contributed by atoms with Crippen molar-refractivity contribution < 1.29 is 15.3 Å². The molecule has 4 unspecified atom stereocenters.